The number of ketones is 1. The number of nitrogens with zero attached hydrogens (tertiary/aromatic N) is 5. The second kappa shape index (κ2) is 14.5. The SMILES string of the molecule is C.Fc1ccc(-c2cn3ccnc(Cl)c3n2)c(F)c1.Nc1nccnc1Cl.O=C(CBr)c1ccc(F)cc1F. The molecule has 0 fully saturated rings. The molecule has 0 amide bonds. The van der Waals surface area contributed by atoms with Gasteiger partial charge in [-0.2, -0.15) is 0 Å². The zero-order chi connectivity index (χ0) is 27.8. The number of nitrogens with two attached hydrogens (primary N) is 1. The monoisotopic (exact) mass is 644 g/mol. The van der Waals surface area contributed by atoms with Gasteiger partial charge in [0.25, 0.3) is 0 Å². The lowest BCUT2D eigenvalue weighted by molar-refractivity contribution is 0.102. The van der Waals surface area contributed by atoms with E-state index in [4.69, 9.17) is 28.9 Å². The molecule has 5 rings (SSSR count). The number of hydrogen-bond donors (Lipinski definition) is 1. The Morgan fingerprint density at radius 1 is 0.897 bits per heavy atom. The summed E-state index contributed by atoms with van der Waals surface area (Å²) in [5.41, 5.74) is 6.15. The van der Waals surface area contributed by atoms with Crippen molar-refractivity contribution in [3.63, 3.8) is 0 Å². The van der Waals surface area contributed by atoms with Crippen LogP contribution in [-0.4, -0.2) is 35.4 Å². The highest BCUT2D eigenvalue weighted by Crippen LogP contribution is 2.24. The van der Waals surface area contributed by atoms with E-state index in [-0.39, 0.29) is 40.0 Å². The number of Topliss-reactive ketones (excluding diaryl/α,β-unsaturated/α-hetero) is 1. The summed E-state index contributed by atoms with van der Waals surface area (Å²) < 4.78 is 53.3. The Bertz CT molecular complexity index is 1570. The van der Waals surface area contributed by atoms with Crippen LogP contribution in [0.25, 0.3) is 16.9 Å². The fraction of sp³-hybridized carbons (Fsp3) is 0.0800. The standard InChI is InChI=1S/C12H6ClF2N3.C8H5BrF2O.C4H4ClN3.CH4/c13-11-12-17-10(6-18(12)4-3-16-11)8-2-1-7(14)5-9(8)15;9-4-8(12)6-2-1-5(10)3-7(6)11;5-3-4(6)8-2-1-7-3;/h1-6H;1-3H,4H2;1-2H,(H2,6,8);1H4. The first-order valence-corrected chi connectivity index (χ1v) is 12.2. The van der Waals surface area contributed by atoms with Crippen molar-refractivity contribution in [2.24, 2.45) is 0 Å². The first-order chi connectivity index (χ1) is 18.1. The van der Waals surface area contributed by atoms with Crippen LogP contribution in [0, 0.1) is 23.3 Å². The highest BCUT2D eigenvalue weighted by molar-refractivity contribution is 9.09. The highest BCUT2D eigenvalue weighted by Gasteiger charge is 2.12. The molecule has 2 aromatic carbocycles. The largest absolute Gasteiger partial charge is 0.381 e. The summed E-state index contributed by atoms with van der Waals surface area (Å²) in [6.07, 6.45) is 7.75. The summed E-state index contributed by atoms with van der Waals surface area (Å²) >= 11 is 14.2. The molecule has 0 aliphatic heterocycles. The van der Waals surface area contributed by atoms with E-state index in [1.165, 1.54) is 30.7 Å². The van der Waals surface area contributed by atoms with Crippen LogP contribution < -0.4 is 5.73 Å². The Labute approximate surface area is 238 Å². The van der Waals surface area contributed by atoms with Crippen molar-refractivity contribution in [3.05, 3.63) is 107 Å². The van der Waals surface area contributed by atoms with E-state index in [9.17, 15) is 22.4 Å². The summed E-state index contributed by atoms with van der Waals surface area (Å²) in [5.74, 6) is -2.91. The number of anilines is 1. The van der Waals surface area contributed by atoms with Gasteiger partial charge in [-0.15, -0.1) is 0 Å². The molecule has 2 N–H and O–H groups in total. The lowest BCUT2D eigenvalue weighted by Crippen LogP contribution is -2.03. The maximum Gasteiger partial charge on any atom is 0.176 e. The molecule has 0 bridgehead atoms. The number of benzene rings is 2. The third-order valence-corrected chi connectivity index (χ3v) is 5.64. The maximum atomic E-state index is 13.6. The summed E-state index contributed by atoms with van der Waals surface area (Å²) in [5, 5.41) is 0.522. The van der Waals surface area contributed by atoms with E-state index in [0.717, 1.165) is 18.2 Å². The molecule has 0 radical (unpaired) electrons. The lowest BCUT2D eigenvalue weighted by atomic mass is 10.1. The number of nitrogen functional groups attached to an aromatic ring is 1. The molecule has 39 heavy (non-hydrogen) atoms. The van der Waals surface area contributed by atoms with Crippen molar-refractivity contribution in [3.8, 4) is 11.3 Å². The summed E-state index contributed by atoms with van der Waals surface area (Å²) in [6.45, 7) is 0. The average molecular weight is 646 g/mol. The Hall–Kier alpha value is -3.61. The van der Waals surface area contributed by atoms with Crippen LogP contribution in [0.15, 0.2) is 67.4 Å². The van der Waals surface area contributed by atoms with Gasteiger partial charge in [0, 0.05) is 48.7 Å². The molecule has 3 heterocycles. The van der Waals surface area contributed by atoms with E-state index in [1.807, 2.05) is 0 Å². The van der Waals surface area contributed by atoms with Gasteiger partial charge < -0.3 is 10.1 Å². The van der Waals surface area contributed by atoms with Gasteiger partial charge in [0.05, 0.1) is 16.6 Å². The maximum absolute atomic E-state index is 13.6. The van der Waals surface area contributed by atoms with Gasteiger partial charge in [-0.05, 0) is 24.3 Å². The Kier molecular flexibility index (Phi) is 11.8. The fourth-order valence-electron chi connectivity index (χ4n) is 2.83. The molecule has 0 saturated heterocycles. The molecule has 7 nitrogen and oxygen atoms in total. The van der Waals surface area contributed by atoms with Crippen LogP contribution in [0.5, 0.6) is 0 Å². The van der Waals surface area contributed by atoms with Crippen molar-refractivity contribution in [1.82, 2.24) is 24.3 Å². The van der Waals surface area contributed by atoms with Crippen LogP contribution >= 0.6 is 39.1 Å². The van der Waals surface area contributed by atoms with Crippen molar-refractivity contribution < 1.29 is 22.4 Å². The first-order valence-electron chi connectivity index (χ1n) is 10.3. The second-order valence-electron chi connectivity index (χ2n) is 7.11. The quantitative estimate of drug-likeness (QED) is 0.126. The van der Waals surface area contributed by atoms with E-state index < -0.39 is 29.1 Å². The third kappa shape index (κ3) is 8.44. The molecule has 14 heteroatoms. The number of rotatable bonds is 3. The Morgan fingerprint density at radius 2 is 1.51 bits per heavy atom. The van der Waals surface area contributed by atoms with Crippen LogP contribution in [0.1, 0.15) is 17.8 Å². The average Bonchev–Trinajstić information content (AvgIpc) is 3.32. The van der Waals surface area contributed by atoms with Crippen molar-refractivity contribution in [2.75, 3.05) is 11.1 Å². The van der Waals surface area contributed by atoms with E-state index in [2.05, 4.69) is 35.9 Å². The smallest absolute Gasteiger partial charge is 0.176 e. The highest BCUT2D eigenvalue weighted by atomic mass is 79.9. The van der Waals surface area contributed by atoms with Gasteiger partial charge in [0.15, 0.2) is 27.6 Å². The van der Waals surface area contributed by atoms with E-state index >= 15 is 0 Å². The molecule has 0 unspecified atom stereocenters. The number of imidazole rings is 1. The predicted octanol–water partition coefficient (Wildman–Crippen LogP) is 7.22. The molecule has 204 valence electrons. The number of carbonyl (C=O) groups is 1. The van der Waals surface area contributed by atoms with E-state index in [0.29, 0.717) is 17.4 Å². The summed E-state index contributed by atoms with van der Waals surface area (Å²) in [6, 6.07) is 6.22. The van der Waals surface area contributed by atoms with Crippen molar-refractivity contribution >= 4 is 56.4 Å². The van der Waals surface area contributed by atoms with Crippen LogP contribution in [0.3, 0.4) is 0 Å². The number of aromatic nitrogens is 5. The Balaban J connectivity index is 0.000000221. The van der Waals surface area contributed by atoms with E-state index in [1.54, 1.807) is 16.8 Å². The van der Waals surface area contributed by atoms with Gasteiger partial charge in [-0.1, -0.05) is 46.6 Å². The Morgan fingerprint density at radius 3 is 2.05 bits per heavy atom. The molecule has 0 aliphatic carbocycles. The van der Waals surface area contributed by atoms with Crippen molar-refractivity contribution in [2.45, 2.75) is 7.43 Å². The van der Waals surface area contributed by atoms with Gasteiger partial charge in [0.2, 0.25) is 0 Å². The molecule has 0 spiro atoms. The van der Waals surface area contributed by atoms with Crippen LogP contribution in [0.4, 0.5) is 23.4 Å². The van der Waals surface area contributed by atoms with Crippen molar-refractivity contribution in [1.29, 1.82) is 0 Å². The van der Waals surface area contributed by atoms with Gasteiger partial charge in [-0.25, -0.2) is 37.5 Å². The van der Waals surface area contributed by atoms with Crippen LogP contribution in [-0.2, 0) is 0 Å². The second-order valence-corrected chi connectivity index (χ2v) is 8.39. The zero-order valence-electron chi connectivity index (χ0n) is 18.9. The lowest BCUT2D eigenvalue weighted by Gasteiger charge is -1.98. The topological polar surface area (TPSA) is 99.1 Å². The van der Waals surface area contributed by atoms with Gasteiger partial charge >= 0.3 is 0 Å². The predicted molar refractivity (Wildman–Crippen MR) is 146 cm³/mol. The minimum absolute atomic E-state index is 0. The third-order valence-electron chi connectivity index (χ3n) is 4.57. The molecular weight excluding hydrogens is 627 g/mol. The first kappa shape index (κ1) is 31.6. The summed E-state index contributed by atoms with van der Waals surface area (Å²) in [7, 11) is 0. The molecule has 0 atom stereocenters. The van der Waals surface area contributed by atoms with Gasteiger partial charge in [0.1, 0.15) is 23.3 Å². The summed E-state index contributed by atoms with van der Waals surface area (Å²) in [4.78, 5) is 26.3. The number of carbonyl (C=O) groups excluding carboxylic acids is 1. The normalized spacial score (nSPS) is 10.0. The minimum Gasteiger partial charge on any atom is -0.381 e. The molecule has 5 aromatic rings. The molecular formula is C25H19BrCl2F4N6O. The number of hydrogen-bond acceptors (Lipinski definition) is 6. The number of halogens is 7. The van der Waals surface area contributed by atoms with Crippen LogP contribution in [0.2, 0.25) is 10.3 Å². The molecule has 3 aromatic heterocycles. The minimum atomic E-state index is -0.820. The van der Waals surface area contributed by atoms with Gasteiger partial charge in [-0.3, -0.25) is 4.79 Å². The fourth-order valence-corrected chi connectivity index (χ4v) is 3.44. The molecule has 0 aliphatic rings. The zero-order valence-corrected chi connectivity index (χ0v) is 22.0. The number of fused-ring (bicyclic) bond motifs is 1. The molecule has 0 saturated carbocycles. The number of alkyl halides is 1.